The maximum atomic E-state index is 13.7. The highest BCUT2D eigenvalue weighted by molar-refractivity contribution is 8.44. The lowest BCUT2D eigenvalue weighted by atomic mass is 10.0. The zero-order chi connectivity index (χ0) is 31.3. The Hall–Kier alpha value is -2.23. The van der Waals surface area contributed by atoms with Crippen molar-refractivity contribution in [3.63, 3.8) is 0 Å². The van der Waals surface area contributed by atoms with Crippen LogP contribution < -0.4 is 5.56 Å². The molecule has 0 spiro atoms. The van der Waals surface area contributed by atoms with Crippen molar-refractivity contribution < 1.29 is 46.9 Å². The molecule has 4 saturated heterocycles. The number of rotatable bonds is 2. The van der Waals surface area contributed by atoms with E-state index in [2.05, 4.69) is 42.4 Å². The molecular weight excluding hydrogens is 678 g/mol. The van der Waals surface area contributed by atoms with Crippen molar-refractivity contribution >= 4 is 59.8 Å². The second-order valence-corrected chi connectivity index (χ2v) is 16.5. The monoisotopic (exact) mass is 702 g/mol. The van der Waals surface area contributed by atoms with Gasteiger partial charge in [-0.3, -0.25) is 27.5 Å². The number of ether oxygens (including phenoxy) is 3. The molecule has 0 amide bonds. The van der Waals surface area contributed by atoms with Crippen LogP contribution in [0.5, 0.6) is 0 Å². The third-order valence-electron chi connectivity index (χ3n) is 8.15. The van der Waals surface area contributed by atoms with E-state index in [1.165, 1.54) is 29.7 Å². The van der Waals surface area contributed by atoms with E-state index in [1.54, 1.807) is 11.5 Å². The lowest BCUT2D eigenvalue weighted by molar-refractivity contribution is -0.183. The van der Waals surface area contributed by atoms with Crippen LogP contribution >= 0.6 is 25.8 Å². The Morgan fingerprint density at radius 1 is 1.09 bits per heavy atom. The van der Waals surface area contributed by atoms with E-state index in [1.807, 2.05) is 0 Å². The van der Waals surface area contributed by atoms with Gasteiger partial charge in [0.1, 0.15) is 48.0 Å². The van der Waals surface area contributed by atoms with Gasteiger partial charge in [0.05, 0.1) is 49.9 Å². The summed E-state index contributed by atoms with van der Waals surface area (Å²) in [5, 5.41) is 17.3. The molecule has 4 aromatic rings. The Bertz CT molecular complexity index is 1980. The van der Waals surface area contributed by atoms with E-state index < -0.39 is 80.9 Å². The average Bonchev–Trinajstić information content (AvgIpc) is 3.80. The number of hydrogen-bond acceptors (Lipinski definition) is 16. The van der Waals surface area contributed by atoms with Gasteiger partial charge in [0, 0.05) is 0 Å². The van der Waals surface area contributed by atoms with E-state index >= 15 is 0 Å². The number of nitrogens with zero attached hydrogens (tertiary/aromatic N) is 7. The summed E-state index contributed by atoms with van der Waals surface area (Å²) in [6.07, 6.45) is -2.50. The van der Waals surface area contributed by atoms with Gasteiger partial charge in [-0.05, 0) is 18.7 Å². The largest absolute Gasteiger partial charge is 0.387 e. The zero-order valence-corrected chi connectivity index (χ0v) is 26.4. The first-order valence-corrected chi connectivity index (χ1v) is 18.7. The standard InChI is InChI=1S/C22H24N8O11P2S2/c1-9-12-18(24-6-23-9)30(8-25-12)21-16-17-22(39-21,4-35-16)5-37-43(34,45)40-15-14(31)11(3-36-42(33,44)41-17)38-20(15)29-7-26-13-10(29)2-27-28-19(13)32/h2,6-8,11,14-17,20-21,31H,3-5H2,1H3,(H,28,32)(H,33,44)(H,34,45)/t11-,14-,15-,16-,17+,20-,21-,22?,42?,43?/m1/s1. The Kier molecular flexibility index (Phi) is 7.12. The Labute approximate surface area is 262 Å². The number of fused-ring (bicyclic) bond motifs is 4. The van der Waals surface area contributed by atoms with Crippen LogP contribution in [-0.2, 0) is 48.7 Å². The molecule has 4 aliphatic rings. The summed E-state index contributed by atoms with van der Waals surface area (Å²) >= 11 is 9.55. The first-order valence-electron chi connectivity index (χ1n) is 13.4. The zero-order valence-electron chi connectivity index (χ0n) is 22.9. The molecule has 0 radical (unpaired) electrons. The summed E-state index contributed by atoms with van der Waals surface area (Å²) in [6.45, 7) is -7.57. The molecule has 0 aromatic carbocycles. The van der Waals surface area contributed by atoms with Crippen molar-refractivity contribution in [3.05, 3.63) is 41.2 Å². The summed E-state index contributed by atoms with van der Waals surface area (Å²) in [5.41, 5.74) is -0.0627. The van der Waals surface area contributed by atoms with Gasteiger partial charge in [0.2, 0.25) is 0 Å². The van der Waals surface area contributed by atoms with E-state index in [9.17, 15) is 19.4 Å². The van der Waals surface area contributed by atoms with Crippen molar-refractivity contribution in [2.45, 2.75) is 55.5 Å². The van der Waals surface area contributed by atoms with Gasteiger partial charge in [-0.1, -0.05) is 12.2 Å². The van der Waals surface area contributed by atoms with Gasteiger partial charge < -0.3 is 28.7 Å². The van der Waals surface area contributed by atoms with Crippen LogP contribution in [0.3, 0.4) is 0 Å². The number of thiol groups is 1. The SMILES string of the molecule is Cc1ncnc2c1ncn2[C@@H]1OC23CO[C@@H]1[C@@H]2OP(O)(=S)OC[C@H]1O[C@@H](n2cnc4c(=O)[nH]ncc42)[C@H](OP(=O)(S)OC3)[C@@H]1O. The maximum absolute atomic E-state index is 13.7. The highest BCUT2D eigenvalue weighted by Gasteiger charge is 2.65. The summed E-state index contributed by atoms with van der Waals surface area (Å²) < 4.78 is 58.5. The summed E-state index contributed by atoms with van der Waals surface area (Å²) in [4.78, 5) is 40.4. The molecule has 10 atom stereocenters. The number of aromatic nitrogens is 8. The van der Waals surface area contributed by atoms with E-state index in [4.69, 9.17) is 44.1 Å². The van der Waals surface area contributed by atoms with Crippen LogP contribution in [0.4, 0.5) is 0 Å². The van der Waals surface area contributed by atoms with Crippen LogP contribution in [-0.4, -0.2) is 105 Å². The lowest BCUT2D eigenvalue weighted by Gasteiger charge is -2.33. The molecule has 45 heavy (non-hydrogen) atoms. The molecule has 0 aliphatic carbocycles. The van der Waals surface area contributed by atoms with Crippen molar-refractivity contribution in [1.82, 2.24) is 39.3 Å². The summed E-state index contributed by atoms with van der Waals surface area (Å²) in [6, 6.07) is 0. The minimum absolute atomic E-state index is 0.0432. The number of imidazole rings is 2. The molecule has 3 N–H and O–H groups in total. The number of aliphatic hydroxyl groups excluding tert-OH is 1. The highest BCUT2D eigenvalue weighted by atomic mass is 32.7. The van der Waals surface area contributed by atoms with Crippen LogP contribution in [0.15, 0.2) is 30.0 Å². The fraction of sp³-hybridized carbons (Fsp3) is 0.545. The summed E-state index contributed by atoms with van der Waals surface area (Å²) in [5.74, 6) is 0. The topological polar surface area (TPSA) is 229 Å². The summed E-state index contributed by atoms with van der Waals surface area (Å²) in [7, 11) is 0. The van der Waals surface area contributed by atoms with Gasteiger partial charge in [-0.2, -0.15) is 5.10 Å². The minimum atomic E-state index is -4.30. The Morgan fingerprint density at radius 3 is 2.73 bits per heavy atom. The van der Waals surface area contributed by atoms with Crippen LogP contribution in [0.25, 0.3) is 22.2 Å². The molecular formula is C22H24N8O11P2S2. The van der Waals surface area contributed by atoms with Gasteiger partial charge in [-0.15, -0.1) is 0 Å². The van der Waals surface area contributed by atoms with Crippen LogP contribution in [0.2, 0.25) is 0 Å². The number of aryl methyl sites for hydroxylation is 1. The van der Waals surface area contributed by atoms with Crippen LogP contribution in [0, 0.1) is 6.92 Å². The van der Waals surface area contributed by atoms with Gasteiger partial charge in [0.25, 0.3) is 5.56 Å². The van der Waals surface area contributed by atoms with Gasteiger partial charge >= 0.3 is 13.5 Å². The number of aliphatic hydroxyl groups is 1. The fourth-order valence-corrected chi connectivity index (χ4v) is 8.96. The molecule has 0 saturated carbocycles. The van der Waals surface area contributed by atoms with Gasteiger partial charge in [-0.25, -0.2) is 29.6 Å². The predicted octanol–water partition coefficient (Wildman–Crippen LogP) is 0.265. The maximum Gasteiger partial charge on any atom is 0.386 e. The number of aromatic amines is 1. The first-order chi connectivity index (χ1) is 21.5. The average molecular weight is 703 g/mol. The smallest absolute Gasteiger partial charge is 0.386 e. The predicted molar refractivity (Wildman–Crippen MR) is 155 cm³/mol. The molecule has 19 nitrogen and oxygen atoms in total. The molecule has 4 fully saturated rings. The third-order valence-corrected chi connectivity index (χ3v) is 11.3. The highest BCUT2D eigenvalue weighted by Crippen LogP contribution is 2.61. The Morgan fingerprint density at radius 2 is 1.89 bits per heavy atom. The molecule has 4 aliphatic heterocycles. The number of nitrogens with one attached hydrogen (secondary N) is 1. The first kappa shape index (κ1) is 30.1. The molecule has 8 rings (SSSR count). The number of hydrogen-bond donors (Lipinski definition) is 4. The molecule has 3 unspecified atom stereocenters. The van der Waals surface area contributed by atoms with Crippen molar-refractivity contribution in [1.29, 1.82) is 0 Å². The second-order valence-electron chi connectivity index (χ2n) is 10.9. The second kappa shape index (κ2) is 10.6. The van der Waals surface area contributed by atoms with E-state index in [-0.39, 0.29) is 17.6 Å². The lowest BCUT2D eigenvalue weighted by Crippen LogP contribution is -2.45. The number of H-pyrrole nitrogens is 1. The Balaban J connectivity index is 1.14. The van der Waals surface area contributed by atoms with E-state index in [0.717, 1.165) is 0 Å². The fourth-order valence-electron chi connectivity index (χ4n) is 6.02. The molecule has 8 heterocycles. The van der Waals surface area contributed by atoms with Crippen molar-refractivity contribution in [2.75, 3.05) is 19.8 Å². The third kappa shape index (κ3) is 4.93. The van der Waals surface area contributed by atoms with Crippen molar-refractivity contribution in [2.24, 2.45) is 0 Å². The molecule has 4 bridgehead atoms. The normalized spacial score (nSPS) is 40.3. The molecule has 23 heteroatoms. The van der Waals surface area contributed by atoms with E-state index in [0.29, 0.717) is 16.9 Å². The minimum Gasteiger partial charge on any atom is -0.387 e. The van der Waals surface area contributed by atoms with Gasteiger partial charge in [0.15, 0.2) is 23.6 Å². The quantitative estimate of drug-likeness (QED) is 0.162. The molecule has 240 valence electrons. The van der Waals surface area contributed by atoms with Crippen molar-refractivity contribution in [3.8, 4) is 0 Å². The molecule has 4 aromatic heterocycles. The van der Waals surface area contributed by atoms with Crippen LogP contribution in [0.1, 0.15) is 18.1 Å².